The molecule has 2 atom stereocenters. The van der Waals surface area contributed by atoms with Gasteiger partial charge in [-0.3, -0.25) is 10.1 Å². The molecule has 0 saturated heterocycles. The number of hydrogen-bond acceptors (Lipinski definition) is 11. The number of aliphatic hydroxyl groups is 1. The summed E-state index contributed by atoms with van der Waals surface area (Å²) in [6.07, 6.45) is 3.53. The lowest BCUT2D eigenvalue weighted by molar-refractivity contribution is -0.110. The van der Waals surface area contributed by atoms with Gasteiger partial charge in [0.2, 0.25) is 5.88 Å². The van der Waals surface area contributed by atoms with E-state index in [0.717, 1.165) is 24.2 Å². The number of thiazole rings is 1. The molecule has 2 fully saturated rings. The fourth-order valence-electron chi connectivity index (χ4n) is 4.35. The van der Waals surface area contributed by atoms with Crippen molar-refractivity contribution in [2.75, 3.05) is 25.1 Å². The molecule has 2 aliphatic rings. The van der Waals surface area contributed by atoms with Crippen LogP contribution < -0.4 is 10.1 Å². The number of pyridine rings is 1. The summed E-state index contributed by atoms with van der Waals surface area (Å²) >= 11 is 1.16. The van der Waals surface area contributed by atoms with Gasteiger partial charge < -0.3 is 19.4 Å². The average Bonchev–Trinajstić information content (AvgIpc) is 3.59. The van der Waals surface area contributed by atoms with Crippen LogP contribution in [0.3, 0.4) is 0 Å². The third kappa shape index (κ3) is 6.55. The Balaban J connectivity index is 1.37. The van der Waals surface area contributed by atoms with E-state index in [0.29, 0.717) is 52.8 Å². The molecule has 2 heterocycles. The lowest BCUT2D eigenvalue weighted by Crippen LogP contribution is -2.25. The summed E-state index contributed by atoms with van der Waals surface area (Å²) < 4.78 is 36.3. The highest BCUT2D eigenvalue weighted by Crippen LogP contribution is 2.33. The van der Waals surface area contributed by atoms with Crippen molar-refractivity contribution < 1.29 is 32.6 Å². The average molecular weight is 575 g/mol. The molecule has 0 aliphatic heterocycles. The first kappa shape index (κ1) is 27.4. The quantitative estimate of drug-likeness (QED) is 0.245. The maximum atomic E-state index is 13.4. The molecule has 1 aromatic carbocycles. The summed E-state index contributed by atoms with van der Waals surface area (Å²) in [6, 6.07) is 9.49. The van der Waals surface area contributed by atoms with Crippen LogP contribution in [-0.4, -0.2) is 72.4 Å². The van der Waals surface area contributed by atoms with Gasteiger partial charge in [0.25, 0.3) is 5.91 Å². The van der Waals surface area contributed by atoms with E-state index in [4.69, 9.17) is 19.4 Å². The molecule has 2 saturated carbocycles. The van der Waals surface area contributed by atoms with Crippen molar-refractivity contribution >= 4 is 48.3 Å². The van der Waals surface area contributed by atoms with Crippen LogP contribution in [0.2, 0.25) is 0 Å². The molecule has 0 spiro atoms. The predicted octanol–water partition coefficient (Wildman–Crippen LogP) is 3.32. The van der Waals surface area contributed by atoms with Crippen molar-refractivity contribution in [3.05, 3.63) is 42.0 Å². The molecule has 2 aliphatic carbocycles. The monoisotopic (exact) mass is 574 g/mol. The smallest absolute Gasteiger partial charge is 0.280 e. The van der Waals surface area contributed by atoms with Crippen LogP contribution in [0.4, 0.5) is 5.13 Å². The zero-order valence-corrected chi connectivity index (χ0v) is 23.0. The van der Waals surface area contributed by atoms with Crippen LogP contribution in [-0.2, 0) is 24.2 Å². The molecular weight excluding hydrogens is 544 g/mol. The number of fused-ring (bicyclic) bond motifs is 1. The molecule has 1 amide bonds. The number of amides is 1. The third-order valence-electron chi connectivity index (χ3n) is 6.46. The molecule has 0 radical (unpaired) electrons. The number of oxime groups is 1. The van der Waals surface area contributed by atoms with Crippen LogP contribution in [0.25, 0.3) is 10.3 Å². The Kier molecular flexibility index (Phi) is 8.40. The minimum atomic E-state index is -3.36. The van der Waals surface area contributed by atoms with Gasteiger partial charge in [-0.2, -0.15) is 0 Å². The second kappa shape index (κ2) is 11.9. The molecule has 5 rings (SSSR count). The number of benzene rings is 1. The number of ether oxygens (including phenoxy) is 2. The van der Waals surface area contributed by atoms with E-state index in [-0.39, 0.29) is 41.3 Å². The number of sulfone groups is 1. The number of anilines is 1. The predicted molar refractivity (Wildman–Crippen MR) is 146 cm³/mol. The van der Waals surface area contributed by atoms with Gasteiger partial charge in [-0.05, 0) is 50.8 Å². The van der Waals surface area contributed by atoms with E-state index in [1.54, 1.807) is 24.3 Å². The van der Waals surface area contributed by atoms with Crippen LogP contribution in [0, 0.1) is 0 Å². The summed E-state index contributed by atoms with van der Waals surface area (Å²) in [5.41, 5.74) is 0.994. The van der Waals surface area contributed by atoms with Crippen LogP contribution in [0.15, 0.2) is 46.4 Å². The minimum Gasteiger partial charge on any atom is -0.475 e. The van der Waals surface area contributed by atoms with Crippen molar-refractivity contribution in [3.8, 4) is 5.88 Å². The standard InChI is InChI=1S/C26H30N4O7S2/c1-2-35-17-5-6-18(15-17)37-30-23(16-3-7-19(8-4-16)39(33,34)20-9-10-20)24(32)29-26-27-21-11-12-22(36-14-13-31)28-25(21)38-26/h3-4,7-8,11-12,17-18,20,31H,2,5-6,9-10,13-15H2,1H3,(H,27,29,32)/b30-23+/t17-,18-/m1/s1. The van der Waals surface area contributed by atoms with Gasteiger partial charge in [0, 0.05) is 24.7 Å². The first-order chi connectivity index (χ1) is 18.9. The number of hydrogen-bond donors (Lipinski definition) is 2. The Labute approximate surface area is 230 Å². The van der Waals surface area contributed by atoms with Gasteiger partial charge in [0.15, 0.2) is 20.7 Å². The molecule has 2 N–H and O–H groups in total. The van der Waals surface area contributed by atoms with Gasteiger partial charge in [-0.1, -0.05) is 28.6 Å². The maximum absolute atomic E-state index is 13.4. The maximum Gasteiger partial charge on any atom is 0.280 e. The fourth-order valence-corrected chi connectivity index (χ4v) is 6.83. The normalized spacial score (nSPS) is 19.8. The third-order valence-corrected chi connectivity index (χ3v) is 9.62. The highest BCUT2D eigenvalue weighted by atomic mass is 32.2. The molecular formula is C26H30N4O7S2. The molecule has 0 unspecified atom stereocenters. The summed E-state index contributed by atoms with van der Waals surface area (Å²) in [4.78, 5) is 28.7. The molecule has 39 heavy (non-hydrogen) atoms. The Bertz CT molecular complexity index is 1450. The second-order valence-corrected chi connectivity index (χ2v) is 12.6. The SMILES string of the molecule is CCO[C@@H]1CC[C@@H](O/N=C(/C(=O)Nc2nc3ccc(OCCO)nc3s2)c2ccc(S(=O)(=O)C3CC3)cc2)C1. The Morgan fingerprint density at radius 1 is 1.10 bits per heavy atom. The van der Waals surface area contributed by atoms with Gasteiger partial charge in [-0.25, -0.2) is 18.4 Å². The highest BCUT2D eigenvalue weighted by molar-refractivity contribution is 7.92. The number of rotatable bonds is 12. The zero-order valence-electron chi connectivity index (χ0n) is 21.4. The lowest BCUT2D eigenvalue weighted by atomic mass is 10.1. The highest BCUT2D eigenvalue weighted by Gasteiger charge is 2.37. The number of nitrogens with zero attached hydrogens (tertiary/aromatic N) is 3. The second-order valence-electron chi connectivity index (χ2n) is 9.35. The number of nitrogens with one attached hydrogen (secondary N) is 1. The molecule has 208 valence electrons. The van der Waals surface area contributed by atoms with Crippen LogP contribution in [0.1, 0.15) is 44.6 Å². The molecule has 3 aromatic rings. The number of aliphatic hydroxyl groups excluding tert-OH is 1. The topological polar surface area (TPSA) is 149 Å². The van der Waals surface area contributed by atoms with Gasteiger partial charge in [0.1, 0.15) is 23.1 Å². The van der Waals surface area contributed by atoms with Crippen LogP contribution in [0.5, 0.6) is 5.88 Å². The summed E-state index contributed by atoms with van der Waals surface area (Å²) in [5.74, 6) is -0.208. The molecule has 2 aromatic heterocycles. The Morgan fingerprint density at radius 3 is 2.59 bits per heavy atom. The van der Waals surface area contributed by atoms with Crippen molar-refractivity contribution in [1.29, 1.82) is 0 Å². The van der Waals surface area contributed by atoms with Crippen molar-refractivity contribution in [2.45, 2.75) is 61.4 Å². The van der Waals surface area contributed by atoms with Gasteiger partial charge >= 0.3 is 0 Å². The van der Waals surface area contributed by atoms with Crippen molar-refractivity contribution in [1.82, 2.24) is 9.97 Å². The van der Waals surface area contributed by atoms with E-state index in [1.807, 2.05) is 6.92 Å². The Hall–Kier alpha value is -3.13. The molecule has 0 bridgehead atoms. The first-order valence-corrected chi connectivity index (χ1v) is 15.3. The summed E-state index contributed by atoms with van der Waals surface area (Å²) in [7, 11) is -3.36. The van der Waals surface area contributed by atoms with E-state index in [1.165, 1.54) is 12.1 Å². The van der Waals surface area contributed by atoms with E-state index < -0.39 is 15.7 Å². The lowest BCUT2D eigenvalue weighted by Gasteiger charge is -2.12. The Morgan fingerprint density at radius 2 is 1.87 bits per heavy atom. The van der Waals surface area contributed by atoms with Crippen molar-refractivity contribution in [2.24, 2.45) is 5.16 Å². The summed E-state index contributed by atoms with van der Waals surface area (Å²) in [6.45, 7) is 2.56. The van der Waals surface area contributed by atoms with Crippen LogP contribution >= 0.6 is 11.3 Å². The van der Waals surface area contributed by atoms with Gasteiger partial charge in [-0.15, -0.1) is 0 Å². The van der Waals surface area contributed by atoms with Gasteiger partial charge in [0.05, 0.1) is 22.9 Å². The minimum absolute atomic E-state index is 0.00409. The van der Waals surface area contributed by atoms with E-state index >= 15 is 0 Å². The first-order valence-electron chi connectivity index (χ1n) is 12.9. The van der Waals surface area contributed by atoms with E-state index in [9.17, 15) is 13.2 Å². The fraction of sp³-hybridized carbons (Fsp3) is 0.462. The zero-order chi connectivity index (χ0) is 27.4. The molecule has 13 heteroatoms. The van der Waals surface area contributed by atoms with E-state index in [2.05, 4.69) is 20.4 Å². The van der Waals surface area contributed by atoms with Crippen molar-refractivity contribution in [3.63, 3.8) is 0 Å². The number of carbonyl (C=O) groups is 1. The largest absolute Gasteiger partial charge is 0.475 e. The molecule has 11 nitrogen and oxygen atoms in total. The summed E-state index contributed by atoms with van der Waals surface area (Å²) in [5, 5.41) is 15.9. The number of aromatic nitrogens is 2. The number of carbonyl (C=O) groups excluding carboxylic acids is 1.